The first kappa shape index (κ1) is 19.9. The van der Waals surface area contributed by atoms with Gasteiger partial charge in [0.15, 0.2) is 0 Å². The van der Waals surface area contributed by atoms with Crippen LogP contribution >= 0.6 is 0 Å². The number of rotatable bonds is 4. The van der Waals surface area contributed by atoms with Crippen molar-refractivity contribution in [3.05, 3.63) is 36.0 Å². The second-order valence-electron chi connectivity index (χ2n) is 8.26. The molecule has 2 heterocycles. The van der Waals surface area contributed by atoms with Crippen LogP contribution in [0.4, 0.5) is 18.9 Å². The van der Waals surface area contributed by atoms with E-state index in [0.717, 1.165) is 25.3 Å². The molecule has 1 saturated heterocycles. The Morgan fingerprint density at radius 3 is 2.72 bits per heavy atom. The summed E-state index contributed by atoms with van der Waals surface area (Å²) in [7, 11) is 0. The molecule has 2 aromatic rings. The van der Waals surface area contributed by atoms with Crippen molar-refractivity contribution in [2.75, 3.05) is 18.0 Å². The molecule has 2 aliphatic rings. The van der Waals surface area contributed by atoms with Gasteiger partial charge in [-0.25, -0.2) is 0 Å². The Hall–Kier alpha value is -2.35. The normalized spacial score (nSPS) is 23.8. The van der Waals surface area contributed by atoms with Crippen LogP contribution in [-0.4, -0.2) is 41.2 Å². The molecule has 156 valence electrons. The van der Waals surface area contributed by atoms with Crippen molar-refractivity contribution >= 4 is 22.5 Å². The average molecular weight is 407 g/mol. The molecule has 1 amide bonds. The quantitative estimate of drug-likeness (QED) is 0.816. The number of aromatic nitrogens is 1. The monoisotopic (exact) mass is 407 g/mol. The predicted octanol–water partition coefficient (Wildman–Crippen LogP) is 3.36. The van der Waals surface area contributed by atoms with E-state index >= 15 is 0 Å². The second kappa shape index (κ2) is 7.48. The number of carbonyl (C=O) groups is 1. The van der Waals surface area contributed by atoms with Crippen molar-refractivity contribution < 1.29 is 23.1 Å². The molecule has 1 aliphatic heterocycles. The third-order valence-corrected chi connectivity index (χ3v) is 5.74. The van der Waals surface area contributed by atoms with E-state index in [1.165, 1.54) is 12.3 Å². The average Bonchev–Trinajstić information content (AvgIpc) is 3.50. The fourth-order valence-electron chi connectivity index (χ4n) is 4.23. The van der Waals surface area contributed by atoms with Gasteiger partial charge in [0.25, 0.3) is 0 Å². The van der Waals surface area contributed by atoms with Crippen LogP contribution in [0, 0.1) is 11.8 Å². The van der Waals surface area contributed by atoms with E-state index in [1.807, 2.05) is 11.8 Å². The number of anilines is 1. The van der Waals surface area contributed by atoms with Crippen LogP contribution < -0.4 is 10.2 Å². The standard InChI is InChI=1S/C21H24F3N3O2/c1-12-9-14(26-20(29)19(28)13-4-5-13)11-27(10-12)17-7-6-16(21(22,23)24)18-15(17)3-2-8-25-18/h2-3,6-8,12-14,19,28H,4-5,9-11H2,1H3,(H,26,29). The number of alkyl halides is 3. The van der Waals surface area contributed by atoms with E-state index in [0.29, 0.717) is 24.2 Å². The van der Waals surface area contributed by atoms with E-state index in [2.05, 4.69) is 10.3 Å². The van der Waals surface area contributed by atoms with Crippen LogP contribution in [0.5, 0.6) is 0 Å². The van der Waals surface area contributed by atoms with E-state index in [9.17, 15) is 23.1 Å². The van der Waals surface area contributed by atoms with Gasteiger partial charge < -0.3 is 15.3 Å². The van der Waals surface area contributed by atoms with Gasteiger partial charge in [0.2, 0.25) is 5.91 Å². The number of aliphatic hydroxyl groups excluding tert-OH is 1. The minimum Gasteiger partial charge on any atom is -0.383 e. The summed E-state index contributed by atoms with van der Waals surface area (Å²) in [5, 5.41) is 13.4. The minimum atomic E-state index is -4.48. The fraction of sp³-hybridized carbons (Fsp3) is 0.524. The number of pyridine rings is 1. The highest BCUT2D eigenvalue weighted by molar-refractivity contribution is 5.94. The molecular formula is C21H24F3N3O2. The molecule has 4 rings (SSSR count). The first-order valence-electron chi connectivity index (χ1n) is 9.92. The number of nitrogens with one attached hydrogen (secondary N) is 1. The number of carbonyl (C=O) groups excluding carboxylic acids is 1. The molecule has 3 atom stereocenters. The van der Waals surface area contributed by atoms with Crippen molar-refractivity contribution in [3.63, 3.8) is 0 Å². The highest BCUT2D eigenvalue weighted by Gasteiger charge is 2.37. The molecule has 1 aliphatic carbocycles. The van der Waals surface area contributed by atoms with Crippen molar-refractivity contribution in [1.82, 2.24) is 10.3 Å². The second-order valence-corrected chi connectivity index (χ2v) is 8.26. The fourth-order valence-corrected chi connectivity index (χ4v) is 4.23. The summed E-state index contributed by atoms with van der Waals surface area (Å²) < 4.78 is 40.1. The number of piperidine rings is 1. The molecule has 0 radical (unpaired) electrons. The molecule has 2 fully saturated rings. The zero-order valence-corrected chi connectivity index (χ0v) is 16.1. The van der Waals surface area contributed by atoms with Crippen LogP contribution in [0.15, 0.2) is 30.5 Å². The highest BCUT2D eigenvalue weighted by Crippen LogP contribution is 2.38. The van der Waals surface area contributed by atoms with Crippen molar-refractivity contribution in [3.8, 4) is 0 Å². The number of nitrogens with zero attached hydrogens (tertiary/aromatic N) is 2. The summed E-state index contributed by atoms with van der Waals surface area (Å²) in [4.78, 5) is 18.3. The van der Waals surface area contributed by atoms with Crippen molar-refractivity contribution in [2.24, 2.45) is 11.8 Å². The first-order valence-corrected chi connectivity index (χ1v) is 9.92. The van der Waals surface area contributed by atoms with Gasteiger partial charge in [-0.15, -0.1) is 0 Å². The number of aliphatic hydroxyl groups is 1. The van der Waals surface area contributed by atoms with Gasteiger partial charge >= 0.3 is 6.18 Å². The molecule has 8 heteroatoms. The first-order chi connectivity index (χ1) is 13.7. The Kier molecular flexibility index (Phi) is 5.14. The Morgan fingerprint density at radius 2 is 2.03 bits per heavy atom. The van der Waals surface area contributed by atoms with Gasteiger partial charge in [-0.05, 0) is 55.4 Å². The van der Waals surface area contributed by atoms with Crippen LogP contribution in [0.2, 0.25) is 0 Å². The zero-order chi connectivity index (χ0) is 20.8. The van der Waals surface area contributed by atoms with Gasteiger partial charge in [-0.3, -0.25) is 9.78 Å². The molecule has 1 aromatic heterocycles. The number of hydrogen-bond acceptors (Lipinski definition) is 4. The molecule has 1 saturated carbocycles. The third-order valence-electron chi connectivity index (χ3n) is 5.74. The van der Waals surface area contributed by atoms with Crippen LogP contribution in [-0.2, 0) is 11.0 Å². The van der Waals surface area contributed by atoms with Gasteiger partial charge in [0, 0.05) is 36.4 Å². The van der Waals surface area contributed by atoms with Crippen LogP contribution in [0.1, 0.15) is 31.7 Å². The molecule has 0 bridgehead atoms. The number of fused-ring (bicyclic) bond motifs is 1. The smallest absolute Gasteiger partial charge is 0.383 e. The molecule has 2 N–H and O–H groups in total. The summed E-state index contributed by atoms with van der Waals surface area (Å²) in [6.07, 6.45) is -1.59. The Morgan fingerprint density at radius 1 is 1.28 bits per heavy atom. The lowest BCUT2D eigenvalue weighted by Crippen LogP contribution is -2.52. The lowest BCUT2D eigenvalue weighted by Gasteiger charge is -2.39. The molecule has 1 aromatic carbocycles. The van der Waals surface area contributed by atoms with Gasteiger partial charge in [0.05, 0.1) is 11.1 Å². The summed E-state index contributed by atoms with van der Waals surface area (Å²) >= 11 is 0. The summed E-state index contributed by atoms with van der Waals surface area (Å²) in [6.45, 7) is 3.20. The Labute approximate surface area is 166 Å². The number of hydrogen-bond donors (Lipinski definition) is 2. The van der Waals surface area contributed by atoms with E-state index in [4.69, 9.17) is 0 Å². The van der Waals surface area contributed by atoms with Crippen molar-refractivity contribution in [2.45, 2.75) is 44.5 Å². The van der Waals surface area contributed by atoms with Crippen molar-refractivity contribution in [1.29, 1.82) is 0 Å². The molecular weight excluding hydrogens is 383 g/mol. The maximum absolute atomic E-state index is 13.4. The van der Waals surface area contributed by atoms with Gasteiger partial charge in [-0.2, -0.15) is 13.2 Å². The zero-order valence-electron chi connectivity index (χ0n) is 16.1. The minimum absolute atomic E-state index is 0.0528. The summed E-state index contributed by atoms with van der Waals surface area (Å²) in [5.74, 6) is -0.0660. The maximum Gasteiger partial charge on any atom is 0.418 e. The lowest BCUT2D eigenvalue weighted by molar-refractivity contribution is -0.136. The summed E-state index contributed by atoms with van der Waals surface area (Å²) in [6, 6.07) is 5.67. The van der Waals surface area contributed by atoms with Crippen LogP contribution in [0.3, 0.4) is 0 Å². The Balaban J connectivity index is 1.60. The lowest BCUT2D eigenvalue weighted by atomic mass is 9.94. The third kappa shape index (κ3) is 4.17. The highest BCUT2D eigenvalue weighted by atomic mass is 19.4. The van der Waals surface area contributed by atoms with E-state index < -0.39 is 17.8 Å². The van der Waals surface area contributed by atoms with Gasteiger partial charge in [-0.1, -0.05) is 6.92 Å². The molecule has 29 heavy (non-hydrogen) atoms. The van der Waals surface area contributed by atoms with Gasteiger partial charge in [0.1, 0.15) is 6.10 Å². The number of benzene rings is 1. The SMILES string of the molecule is CC1CC(NC(=O)C(O)C2CC2)CN(c2ccc(C(F)(F)F)c3ncccc23)C1. The summed E-state index contributed by atoms with van der Waals surface area (Å²) in [5.41, 5.74) is -0.144. The topological polar surface area (TPSA) is 65.5 Å². The molecule has 3 unspecified atom stereocenters. The predicted molar refractivity (Wildman–Crippen MR) is 103 cm³/mol. The van der Waals surface area contributed by atoms with E-state index in [1.54, 1.807) is 12.1 Å². The van der Waals surface area contributed by atoms with E-state index in [-0.39, 0.29) is 29.3 Å². The maximum atomic E-state index is 13.4. The number of halogens is 3. The Bertz CT molecular complexity index is 914. The van der Waals surface area contributed by atoms with Crippen LogP contribution in [0.25, 0.3) is 10.9 Å². The largest absolute Gasteiger partial charge is 0.418 e. The molecule has 0 spiro atoms. The number of amides is 1. The molecule has 5 nitrogen and oxygen atoms in total.